The third kappa shape index (κ3) is 4.27. The lowest BCUT2D eigenvalue weighted by Gasteiger charge is -2.44. The summed E-state index contributed by atoms with van der Waals surface area (Å²) >= 11 is 1.28. The lowest BCUT2D eigenvalue weighted by molar-refractivity contribution is -0.161. The van der Waals surface area contributed by atoms with E-state index >= 15 is 0 Å². The molecule has 0 aromatic heterocycles. The van der Waals surface area contributed by atoms with Crippen molar-refractivity contribution in [1.82, 2.24) is 25.3 Å². The normalized spacial score (nSPS) is 25.7. The molecule has 3 heterocycles. The van der Waals surface area contributed by atoms with Crippen molar-refractivity contribution in [3.8, 4) is 0 Å². The highest BCUT2D eigenvalue weighted by Gasteiger charge is 2.64. The van der Waals surface area contributed by atoms with Crippen LogP contribution in [0.1, 0.15) is 32.4 Å². The maximum atomic E-state index is 13.3. The third-order valence-corrected chi connectivity index (χ3v) is 8.14. The first-order chi connectivity index (χ1) is 17.0. The summed E-state index contributed by atoms with van der Waals surface area (Å²) in [6.07, 6.45) is 0. The molecule has 3 aliphatic rings. The highest BCUT2D eigenvalue weighted by atomic mass is 32.2. The molecule has 6 amide bonds. The Morgan fingerprint density at radius 1 is 1.11 bits per heavy atom. The molecule has 0 spiro atoms. The molecule has 3 saturated heterocycles. The Kier molecular flexibility index (Phi) is 6.69. The Bertz CT molecular complexity index is 1130. The lowest BCUT2D eigenvalue weighted by atomic mass is 9.95. The fraction of sp³-hybridized carbons (Fsp3) is 0.478. The highest BCUT2D eigenvalue weighted by molar-refractivity contribution is 8.01. The van der Waals surface area contributed by atoms with Gasteiger partial charge in [0.25, 0.3) is 0 Å². The van der Waals surface area contributed by atoms with Gasteiger partial charge in [-0.05, 0) is 26.3 Å². The number of hydrogen-bond acceptors (Lipinski definition) is 7. The molecule has 1 unspecified atom stereocenters. The molecule has 0 bridgehead atoms. The van der Waals surface area contributed by atoms with Crippen LogP contribution in [0.4, 0.5) is 4.79 Å². The summed E-state index contributed by atoms with van der Waals surface area (Å²) in [5, 5.41) is 14.2. The Balaban J connectivity index is 1.51. The fourth-order valence-corrected chi connectivity index (χ4v) is 6.32. The largest absolute Gasteiger partial charge is 0.480 e. The quantitative estimate of drug-likeness (QED) is 0.345. The van der Waals surface area contributed by atoms with E-state index in [0.29, 0.717) is 12.1 Å². The second-order valence-corrected chi connectivity index (χ2v) is 11.0. The van der Waals surface area contributed by atoms with Crippen molar-refractivity contribution in [3.63, 3.8) is 0 Å². The minimum Gasteiger partial charge on any atom is -0.480 e. The zero-order chi connectivity index (χ0) is 26.4. The number of carbonyl (C=O) groups excluding carboxylic acids is 5. The molecule has 0 radical (unpaired) electrons. The van der Waals surface area contributed by atoms with Gasteiger partial charge in [-0.2, -0.15) is 0 Å². The van der Waals surface area contributed by atoms with Gasteiger partial charge in [0.05, 0.1) is 0 Å². The monoisotopic (exact) mass is 517 g/mol. The number of carbonyl (C=O) groups is 6. The van der Waals surface area contributed by atoms with E-state index in [1.165, 1.54) is 21.6 Å². The van der Waals surface area contributed by atoms with Crippen LogP contribution in [-0.4, -0.2) is 97.3 Å². The zero-order valence-electron chi connectivity index (χ0n) is 20.0. The van der Waals surface area contributed by atoms with Crippen molar-refractivity contribution in [2.45, 2.75) is 49.0 Å². The second kappa shape index (κ2) is 9.45. The minimum atomic E-state index is -1.26. The third-order valence-electron chi connectivity index (χ3n) is 6.57. The van der Waals surface area contributed by atoms with Gasteiger partial charge in [-0.15, -0.1) is 11.8 Å². The Morgan fingerprint density at radius 2 is 1.78 bits per heavy atom. The van der Waals surface area contributed by atoms with E-state index in [1.807, 2.05) is 0 Å². The van der Waals surface area contributed by atoms with E-state index in [1.54, 1.807) is 51.1 Å². The molecule has 36 heavy (non-hydrogen) atoms. The fourth-order valence-electron chi connectivity index (χ4n) is 4.70. The van der Waals surface area contributed by atoms with E-state index in [2.05, 4.69) is 10.6 Å². The number of carboxylic acids is 1. The van der Waals surface area contributed by atoms with E-state index in [4.69, 9.17) is 0 Å². The lowest BCUT2D eigenvalue weighted by Crippen LogP contribution is -2.71. The summed E-state index contributed by atoms with van der Waals surface area (Å²) in [4.78, 5) is 78.8. The summed E-state index contributed by atoms with van der Waals surface area (Å²) in [6, 6.07) is 4.11. The first-order valence-corrected chi connectivity index (χ1v) is 12.3. The number of β-lactam (4-membered cyclic amide) rings is 1. The van der Waals surface area contributed by atoms with Gasteiger partial charge in [-0.1, -0.05) is 30.3 Å². The minimum absolute atomic E-state index is 0.0200. The SMILES string of the molecule is CCN1CCN(C(=O)N[C@@H](C(=O)NC2C(=O)N3[C@@H]2SC(C)(C)[C@@H]3C(=O)O)c2ccccc2)C(=O)C1=O. The van der Waals surface area contributed by atoms with Gasteiger partial charge < -0.3 is 25.5 Å². The van der Waals surface area contributed by atoms with Crippen LogP contribution in [0.3, 0.4) is 0 Å². The van der Waals surface area contributed by atoms with Crippen LogP contribution in [0.2, 0.25) is 0 Å². The molecule has 4 rings (SSSR count). The van der Waals surface area contributed by atoms with Crippen LogP contribution < -0.4 is 10.6 Å². The molecular formula is C23H27N5O7S. The van der Waals surface area contributed by atoms with E-state index < -0.39 is 63.9 Å². The van der Waals surface area contributed by atoms with Crippen molar-refractivity contribution in [2.24, 2.45) is 0 Å². The number of aliphatic carboxylic acids is 1. The molecule has 13 heteroatoms. The van der Waals surface area contributed by atoms with Gasteiger partial charge in [-0.3, -0.25) is 24.1 Å². The number of nitrogens with one attached hydrogen (secondary N) is 2. The predicted octanol–water partition coefficient (Wildman–Crippen LogP) is -0.240. The molecule has 0 aliphatic carbocycles. The molecule has 192 valence electrons. The number of fused-ring (bicyclic) bond motifs is 1. The molecule has 1 aromatic rings. The Morgan fingerprint density at radius 3 is 2.39 bits per heavy atom. The number of benzene rings is 1. The molecule has 3 fully saturated rings. The van der Waals surface area contributed by atoms with Crippen LogP contribution in [0.25, 0.3) is 0 Å². The van der Waals surface area contributed by atoms with Crippen molar-refractivity contribution < 1.29 is 33.9 Å². The van der Waals surface area contributed by atoms with Crippen molar-refractivity contribution in [3.05, 3.63) is 35.9 Å². The number of nitrogens with zero attached hydrogens (tertiary/aromatic N) is 3. The number of piperazine rings is 1. The number of urea groups is 1. The van der Waals surface area contributed by atoms with Crippen LogP contribution in [0, 0.1) is 0 Å². The van der Waals surface area contributed by atoms with Crippen LogP contribution in [0.5, 0.6) is 0 Å². The Labute approximate surface area is 211 Å². The second-order valence-electron chi connectivity index (χ2n) is 9.22. The van der Waals surface area contributed by atoms with Crippen molar-refractivity contribution >= 4 is 47.4 Å². The molecule has 0 saturated carbocycles. The van der Waals surface area contributed by atoms with Crippen LogP contribution >= 0.6 is 11.8 Å². The highest BCUT2D eigenvalue weighted by Crippen LogP contribution is 2.50. The van der Waals surface area contributed by atoms with Gasteiger partial charge in [0.1, 0.15) is 23.5 Å². The first kappa shape index (κ1) is 25.5. The number of rotatable bonds is 6. The molecule has 3 N–H and O–H groups in total. The maximum Gasteiger partial charge on any atom is 0.327 e. The van der Waals surface area contributed by atoms with E-state index in [-0.39, 0.29) is 13.1 Å². The number of amides is 6. The molecule has 4 atom stereocenters. The summed E-state index contributed by atoms with van der Waals surface area (Å²) in [6.45, 7) is 5.67. The van der Waals surface area contributed by atoms with Crippen molar-refractivity contribution in [2.75, 3.05) is 19.6 Å². The average molecular weight is 518 g/mol. The number of hydrogen-bond donors (Lipinski definition) is 3. The standard InChI is InChI=1S/C23H27N5O7S/c1-4-26-10-11-27(19(32)18(26)31)22(35)25-13(12-8-6-5-7-9-12)16(29)24-14-17(30)28-15(21(33)34)23(2,3)36-20(14)28/h5-9,13-15,20H,4,10-11H2,1-3H3,(H,24,29)(H,25,35)(H,33,34)/t13-,14?,15+,20-/m1/s1. The van der Waals surface area contributed by atoms with Crippen LogP contribution in [0.15, 0.2) is 30.3 Å². The molecule has 1 aromatic carbocycles. The smallest absolute Gasteiger partial charge is 0.327 e. The number of thioether (sulfide) groups is 1. The van der Waals surface area contributed by atoms with E-state index in [0.717, 1.165) is 4.90 Å². The van der Waals surface area contributed by atoms with Crippen molar-refractivity contribution in [1.29, 1.82) is 0 Å². The molecule has 12 nitrogen and oxygen atoms in total. The summed E-state index contributed by atoms with van der Waals surface area (Å²) in [7, 11) is 0. The zero-order valence-corrected chi connectivity index (χ0v) is 20.8. The molecular weight excluding hydrogens is 490 g/mol. The van der Waals surface area contributed by atoms with E-state index in [9.17, 15) is 33.9 Å². The van der Waals surface area contributed by atoms with Gasteiger partial charge in [-0.25, -0.2) is 9.59 Å². The summed E-state index contributed by atoms with van der Waals surface area (Å²) in [5.74, 6) is -4.12. The molecule has 3 aliphatic heterocycles. The van der Waals surface area contributed by atoms with Gasteiger partial charge in [0.2, 0.25) is 11.8 Å². The predicted molar refractivity (Wildman–Crippen MR) is 127 cm³/mol. The Hall–Kier alpha value is -3.61. The van der Waals surface area contributed by atoms with Gasteiger partial charge in [0.15, 0.2) is 0 Å². The van der Waals surface area contributed by atoms with Gasteiger partial charge >= 0.3 is 23.8 Å². The average Bonchev–Trinajstić information content (AvgIpc) is 3.10. The summed E-state index contributed by atoms with van der Waals surface area (Å²) < 4.78 is -0.758. The van der Waals surface area contributed by atoms with Gasteiger partial charge in [0, 0.05) is 24.4 Å². The number of imide groups is 1. The summed E-state index contributed by atoms with van der Waals surface area (Å²) in [5.41, 5.74) is 0.403. The maximum absolute atomic E-state index is 13.3. The number of carboxylic acid groups (broad SMARTS) is 1. The topological polar surface area (TPSA) is 156 Å². The number of likely N-dealkylation sites (N-methyl/N-ethyl adjacent to an activating group) is 1. The van der Waals surface area contributed by atoms with Crippen LogP contribution in [-0.2, 0) is 24.0 Å². The first-order valence-electron chi connectivity index (χ1n) is 11.5.